The molecule has 0 bridgehead atoms. The number of rotatable bonds is 4. The van der Waals surface area contributed by atoms with Gasteiger partial charge in [0.1, 0.15) is 0 Å². The first-order chi connectivity index (χ1) is 12.0. The average Bonchev–Trinajstić information content (AvgIpc) is 2.62. The number of hydrogen-bond acceptors (Lipinski definition) is 5. The number of carbonyl (C=O) groups is 1. The van der Waals surface area contributed by atoms with Crippen LogP contribution in [-0.4, -0.2) is 25.6 Å². The molecule has 25 heavy (non-hydrogen) atoms. The standard InChI is InChI=1S/C18H16N4O3/c1-2-22-10-12(8-9-13(22)23)15-14(11-6-4-3-5-7-11)21-17(19)16(20-15)18(24)25/h3-10H,2H2,1H3,(H2,19,21)(H,24,25). The molecule has 0 aliphatic rings. The second-order valence-electron chi connectivity index (χ2n) is 5.37. The molecule has 0 saturated carbocycles. The lowest BCUT2D eigenvalue weighted by molar-refractivity contribution is 0.0691. The van der Waals surface area contributed by atoms with Gasteiger partial charge in [-0.2, -0.15) is 0 Å². The summed E-state index contributed by atoms with van der Waals surface area (Å²) in [5.41, 5.74) is 7.49. The summed E-state index contributed by atoms with van der Waals surface area (Å²) in [5, 5.41) is 9.31. The number of aromatic nitrogens is 3. The highest BCUT2D eigenvalue weighted by atomic mass is 16.4. The zero-order chi connectivity index (χ0) is 18.0. The normalized spacial score (nSPS) is 10.6. The van der Waals surface area contributed by atoms with E-state index >= 15 is 0 Å². The van der Waals surface area contributed by atoms with Gasteiger partial charge >= 0.3 is 5.97 Å². The van der Waals surface area contributed by atoms with Crippen LogP contribution in [-0.2, 0) is 6.54 Å². The molecule has 0 unspecified atom stereocenters. The first-order valence-electron chi connectivity index (χ1n) is 7.68. The molecule has 0 fully saturated rings. The molecular weight excluding hydrogens is 320 g/mol. The molecule has 7 nitrogen and oxygen atoms in total. The number of aryl methyl sites for hydroxylation is 1. The first-order valence-corrected chi connectivity index (χ1v) is 7.68. The predicted octanol–water partition coefficient (Wildman–Crippen LogP) is 2.27. The fraction of sp³-hybridized carbons (Fsp3) is 0.111. The quantitative estimate of drug-likeness (QED) is 0.756. The summed E-state index contributed by atoms with van der Waals surface area (Å²) >= 11 is 0. The van der Waals surface area contributed by atoms with Crippen LogP contribution in [0.5, 0.6) is 0 Å². The van der Waals surface area contributed by atoms with Gasteiger partial charge in [-0.1, -0.05) is 30.3 Å². The molecule has 0 aliphatic heterocycles. The topological polar surface area (TPSA) is 111 Å². The zero-order valence-electron chi connectivity index (χ0n) is 13.5. The van der Waals surface area contributed by atoms with E-state index in [4.69, 9.17) is 5.73 Å². The van der Waals surface area contributed by atoms with Crippen molar-refractivity contribution in [1.29, 1.82) is 0 Å². The second kappa shape index (κ2) is 6.56. The summed E-state index contributed by atoms with van der Waals surface area (Å²) in [6, 6.07) is 12.2. The molecule has 2 heterocycles. The van der Waals surface area contributed by atoms with Crippen molar-refractivity contribution < 1.29 is 9.90 Å². The molecule has 0 aliphatic carbocycles. The average molecular weight is 336 g/mol. The van der Waals surface area contributed by atoms with E-state index in [0.29, 0.717) is 23.5 Å². The Hall–Kier alpha value is -3.48. The Morgan fingerprint density at radius 1 is 1.08 bits per heavy atom. The number of aromatic carboxylic acids is 1. The molecule has 0 spiro atoms. The van der Waals surface area contributed by atoms with E-state index in [1.54, 1.807) is 12.3 Å². The van der Waals surface area contributed by atoms with Gasteiger partial charge in [-0.15, -0.1) is 0 Å². The summed E-state index contributed by atoms with van der Waals surface area (Å²) in [5.74, 6) is -1.41. The van der Waals surface area contributed by atoms with Gasteiger partial charge in [0.05, 0.1) is 11.4 Å². The van der Waals surface area contributed by atoms with Crippen molar-refractivity contribution in [1.82, 2.24) is 14.5 Å². The van der Waals surface area contributed by atoms with E-state index in [1.165, 1.54) is 10.6 Å². The lowest BCUT2D eigenvalue weighted by Gasteiger charge is -2.12. The van der Waals surface area contributed by atoms with E-state index in [2.05, 4.69) is 9.97 Å². The number of hydrogen-bond donors (Lipinski definition) is 2. The van der Waals surface area contributed by atoms with Crippen LogP contribution in [0.3, 0.4) is 0 Å². The minimum atomic E-state index is -1.25. The third-order valence-corrected chi connectivity index (χ3v) is 3.77. The third kappa shape index (κ3) is 3.12. The molecule has 2 aromatic heterocycles. The van der Waals surface area contributed by atoms with Gasteiger partial charge in [0.2, 0.25) is 0 Å². The molecule has 126 valence electrons. The minimum Gasteiger partial charge on any atom is -0.476 e. The first kappa shape index (κ1) is 16.4. The largest absolute Gasteiger partial charge is 0.476 e. The number of carboxylic acids is 1. The van der Waals surface area contributed by atoms with Crippen molar-refractivity contribution in [3.8, 4) is 22.5 Å². The molecule has 3 rings (SSSR count). The Bertz CT molecular complexity index is 997. The third-order valence-electron chi connectivity index (χ3n) is 3.77. The SMILES string of the molecule is CCn1cc(-c2nc(C(=O)O)c(N)nc2-c2ccccc2)ccc1=O. The van der Waals surface area contributed by atoms with E-state index < -0.39 is 5.97 Å². The van der Waals surface area contributed by atoms with Crippen LogP contribution in [0, 0.1) is 0 Å². The molecule has 3 N–H and O–H groups in total. The summed E-state index contributed by atoms with van der Waals surface area (Å²) in [6.07, 6.45) is 1.64. The van der Waals surface area contributed by atoms with Crippen LogP contribution in [0.25, 0.3) is 22.5 Å². The molecule has 0 radical (unpaired) electrons. The van der Waals surface area contributed by atoms with Crippen LogP contribution in [0.2, 0.25) is 0 Å². The van der Waals surface area contributed by atoms with E-state index in [1.807, 2.05) is 37.3 Å². The molecule has 0 amide bonds. The van der Waals surface area contributed by atoms with Gasteiger partial charge in [-0.3, -0.25) is 4.79 Å². The van der Waals surface area contributed by atoms with Crippen molar-refractivity contribution in [3.05, 3.63) is 64.7 Å². The number of benzene rings is 1. The number of nitrogens with zero attached hydrogens (tertiary/aromatic N) is 3. The molecule has 1 aromatic carbocycles. The highest BCUT2D eigenvalue weighted by Crippen LogP contribution is 2.30. The summed E-state index contributed by atoms with van der Waals surface area (Å²) in [7, 11) is 0. The van der Waals surface area contributed by atoms with Crippen molar-refractivity contribution >= 4 is 11.8 Å². The van der Waals surface area contributed by atoms with Gasteiger partial charge in [0.15, 0.2) is 11.5 Å². The van der Waals surface area contributed by atoms with E-state index in [9.17, 15) is 14.7 Å². The maximum Gasteiger partial charge on any atom is 0.358 e. The maximum atomic E-state index is 11.8. The molecular formula is C18H16N4O3. The van der Waals surface area contributed by atoms with Gasteiger partial charge in [-0.25, -0.2) is 14.8 Å². The number of pyridine rings is 1. The summed E-state index contributed by atoms with van der Waals surface area (Å²) < 4.78 is 1.52. The molecule has 0 saturated heterocycles. The highest BCUT2D eigenvalue weighted by Gasteiger charge is 2.19. The number of nitrogens with two attached hydrogens (primary N) is 1. The number of carboxylic acid groups (broad SMARTS) is 1. The van der Waals surface area contributed by atoms with Crippen LogP contribution in [0.1, 0.15) is 17.4 Å². The van der Waals surface area contributed by atoms with E-state index in [-0.39, 0.29) is 17.1 Å². The molecule has 0 atom stereocenters. The number of anilines is 1. The van der Waals surface area contributed by atoms with Gasteiger partial charge in [-0.05, 0) is 13.0 Å². The van der Waals surface area contributed by atoms with Crippen LogP contribution in [0.15, 0.2) is 53.5 Å². The Balaban J connectivity index is 2.31. The molecule has 7 heteroatoms. The van der Waals surface area contributed by atoms with E-state index in [0.717, 1.165) is 5.56 Å². The van der Waals surface area contributed by atoms with Crippen molar-refractivity contribution in [2.75, 3.05) is 5.73 Å². The Kier molecular flexibility index (Phi) is 4.30. The predicted molar refractivity (Wildman–Crippen MR) is 94.2 cm³/mol. The fourth-order valence-corrected chi connectivity index (χ4v) is 2.52. The van der Waals surface area contributed by atoms with Crippen LogP contribution < -0.4 is 11.3 Å². The minimum absolute atomic E-state index is 0.144. The van der Waals surface area contributed by atoms with Crippen molar-refractivity contribution in [2.45, 2.75) is 13.5 Å². The maximum absolute atomic E-state index is 11.8. The Morgan fingerprint density at radius 3 is 2.40 bits per heavy atom. The van der Waals surface area contributed by atoms with Crippen LogP contribution in [0.4, 0.5) is 5.82 Å². The lowest BCUT2D eigenvalue weighted by Crippen LogP contribution is -2.17. The highest BCUT2D eigenvalue weighted by molar-refractivity contribution is 5.92. The summed E-state index contributed by atoms with van der Waals surface area (Å²) in [4.78, 5) is 31.7. The van der Waals surface area contributed by atoms with Gasteiger partial charge in [0, 0.05) is 29.9 Å². The fourth-order valence-electron chi connectivity index (χ4n) is 2.52. The monoisotopic (exact) mass is 336 g/mol. The zero-order valence-corrected chi connectivity index (χ0v) is 13.5. The Labute approximate surface area is 143 Å². The smallest absolute Gasteiger partial charge is 0.358 e. The summed E-state index contributed by atoms with van der Waals surface area (Å²) in [6.45, 7) is 2.34. The molecule has 3 aromatic rings. The van der Waals surface area contributed by atoms with Gasteiger partial charge < -0.3 is 15.4 Å². The Morgan fingerprint density at radius 2 is 1.76 bits per heavy atom. The van der Waals surface area contributed by atoms with Gasteiger partial charge in [0.25, 0.3) is 5.56 Å². The van der Waals surface area contributed by atoms with Crippen molar-refractivity contribution in [2.24, 2.45) is 0 Å². The van der Waals surface area contributed by atoms with Crippen molar-refractivity contribution in [3.63, 3.8) is 0 Å². The van der Waals surface area contributed by atoms with Crippen LogP contribution >= 0.6 is 0 Å². The lowest BCUT2D eigenvalue weighted by atomic mass is 10.0. The number of nitrogen functional groups attached to an aromatic ring is 1. The second-order valence-corrected chi connectivity index (χ2v) is 5.37.